The third-order valence-electron chi connectivity index (χ3n) is 5.95. The Hall–Kier alpha value is -2.17. The van der Waals surface area contributed by atoms with Crippen LogP contribution in [0.25, 0.3) is 0 Å². The molecular weight excluding hydrogens is 390 g/mol. The molecule has 0 spiro atoms. The number of amides is 1. The smallest absolute Gasteiger partial charge is 0.410 e. The molecule has 5 heteroatoms. The van der Waals surface area contributed by atoms with Gasteiger partial charge in [0.15, 0.2) is 5.78 Å². The lowest BCUT2D eigenvalue weighted by Crippen LogP contribution is -2.45. The average molecular weight is 430 g/mol. The summed E-state index contributed by atoms with van der Waals surface area (Å²) in [6, 6.07) is 9.22. The lowest BCUT2D eigenvalue weighted by molar-refractivity contribution is -0.133. The summed E-state index contributed by atoms with van der Waals surface area (Å²) in [5, 5.41) is 0. The van der Waals surface area contributed by atoms with Gasteiger partial charge < -0.3 is 4.74 Å². The summed E-state index contributed by atoms with van der Waals surface area (Å²) in [6.07, 6.45) is 4.72. The molecule has 1 saturated carbocycles. The van der Waals surface area contributed by atoms with Gasteiger partial charge in [-0.2, -0.15) is 0 Å². The number of ketones is 2. The first-order valence-electron chi connectivity index (χ1n) is 11.5. The fourth-order valence-electron chi connectivity index (χ4n) is 3.84. The molecule has 1 aromatic carbocycles. The van der Waals surface area contributed by atoms with Gasteiger partial charge in [0.25, 0.3) is 0 Å². The largest absolute Gasteiger partial charge is 0.445 e. The Bertz CT molecular complexity index is 754. The summed E-state index contributed by atoms with van der Waals surface area (Å²) in [4.78, 5) is 37.6. The molecule has 0 unspecified atom stereocenters. The van der Waals surface area contributed by atoms with Gasteiger partial charge in [-0.05, 0) is 31.2 Å². The van der Waals surface area contributed by atoms with Crippen LogP contribution in [0.15, 0.2) is 30.3 Å². The van der Waals surface area contributed by atoms with Crippen LogP contribution < -0.4 is 0 Å². The molecule has 0 radical (unpaired) electrons. The van der Waals surface area contributed by atoms with Crippen LogP contribution in [-0.4, -0.2) is 35.1 Å². The van der Waals surface area contributed by atoms with E-state index < -0.39 is 5.41 Å². The number of carbonyl (C=O) groups is 3. The maximum absolute atomic E-state index is 12.4. The van der Waals surface area contributed by atoms with E-state index in [0.717, 1.165) is 31.2 Å². The molecular formula is C26H39NO4. The van der Waals surface area contributed by atoms with Gasteiger partial charge in [-0.25, -0.2) is 4.79 Å². The summed E-state index contributed by atoms with van der Waals surface area (Å²) >= 11 is 0. The van der Waals surface area contributed by atoms with E-state index >= 15 is 0 Å². The van der Waals surface area contributed by atoms with Crippen molar-refractivity contribution in [3.05, 3.63) is 35.9 Å². The zero-order valence-electron chi connectivity index (χ0n) is 20.1. The van der Waals surface area contributed by atoms with E-state index in [4.69, 9.17) is 4.74 Å². The zero-order valence-corrected chi connectivity index (χ0v) is 20.1. The molecule has 0 aromatic heterocycles. The van der Waals surface area contributed by atoms with Gasteiger partial charge in [0.2, 0.25) is 0 Å². The number of hydrogen-bond acceptors (Lipinski definition) is 4. The van der Waals surface area contributed by atoms with Gasteiger partial charge in [0.1, 0.15) is 12.4 Å². The molecule has 1 heterocycles. The van der Waals surface area contributed by atoms with Crippen molar-refractivity contribution in [3.8, 4) is 0 Å². The summed E-state index contributed by atoms with van der Waals surface area (Å²) in [5.41, 5.74) is 0.404. The van der Waals surface area contributed by atoms with Crippen LogP contribution >= 0.6 is 0 Å². The molecule has 0 bridgehead atoms. The van der Waals surface area contributed by atoms with Crippen molar-refractivity contribution >= 4 is 17.7 Å². The third kappa shape index (κ3) is 7.19. The van der Waals surface area contributed by atoms with E-state index in [9.17, 15) is 14.4 Å². The first-order chi connectivity index (χ1) is 14.4. The second kappa shape index (κ2) is 10.4. The van der Waals surface area contributed by atoms with Crippen LogP contribution in [0, 0.1) is 16.7 Å². The molecule has 1 aromatic rings. The topological polar surface area (TPSA) is 63.7 Å². The molecule has 2 fully saturated rings. The van der Waals surface area contributed by atoms with Crippen LogP contribution in [0.2, 0.25) is 0 Å². The maximum atomic E-state index is 12.4. The summed E-state index contributed by atoms with van der Waals surface area (Å²) in [5.74, 6) is 0.968. The molecule has 0 N–H and O–H groups in total. The summed E-state index contributed by atoms with van der Waals surface area (Å²) in [6.45, 7) is 12.5. The molecule has 1 amide bonds. The molecule has 172 valence electrons. The number of likely N-dealkylation sites (tertiary alicyclic amines) is 1. The second-order valence-electron chi connectivity index (χ2n) is 10.7. The van der Waals surface area contributed by atoms with Crippen molar-refractivity contribution < 1.29 is 19.1 Å². The number of benzene rings is 1. The standard InChI is InChI=1S/C17H23NO3.C9H16O/c1-17(2,3)15(19)14-10-7-11-18(14)16(20)21-12-13-8-5-4-6-9-13;1-9(2,3)8(10)7-5-4-6-7/h4-6,8-9,14H,7,10-12H2,1-3H3;7H,4-6H2,1-3H3/t14-;/m0./s1. The van der Waals surface area contributed by atoms with Crippen LogP contribution in [0.1, 0.15) is 79.2 Å². The Labute approximate surface area is 187 Å². The van der Waals surface area contributed by atoms with E-state index in [-0.39, 0.29) is 29.9 Å². The molecule has 3 rings (SSSR count). The predicted molar refractivity (Wildman–Crippen MR) is 123 cm³/mol. The lowest BCUT2D eigenvalue weighted by atomic mass is 9.73. The Morgan fingerprint density at radius 3 is 1.90 bits per heavy atom. The van der Waals surface area contributed by atoms with Crippen LogP contribution in [0.5, 0.6) is 0 Å². The van der Waals surface area contributed by atoms with Crippen molar-refractivity contribution in [1.82, 2.24) is 4.90 Å². The Balaban J connectivity index is 0.000000285. The highest BCUT2D eigenvalue weighted by molar-refractivity contribution is 5.91. The normalized spacial score (nSPS) is 19.2. The Morgan fingerprint density at radius 1 is 0.871 bits per heavy atom. The SMILES string of the molecule is CC(C)(C)C(=O)C1CCC1.CC(C)(C)C(=O)[C@@H]1CCCN1C(=O)OCc1ccccc1. The van der Waals surface area contributed by atoms with Crippen molar-refractivity contribution in [3.63, 3.8) is 0 Å². The van der Waals surface area contributed by atoms with Gasteiger partial charge in [-0.15, -0.1) is 0 Å². The fourth-order valence-corrected chi connectivity index (χ4v) is 3.84. The van der Waals surface area contributed by atoms with Crippen molar-refractivity contribution in [2.24, 2.45) is 16.7 Å². The fraction of sp³-hybridized carbons (Fsp3) is 0.654. The second-order valence-corrected chi connectivity index (χ2v) is 10.7. The molecule has 1 atom stereocenters. The van der Waals surface area contributed by atoms with E-state index in [1.54, 1.807) is 4.90 Å². The van der Waals surface area contributed by atoms with Gasteiger partial charge >= 0.3 is 6.09 Å². The van der Waals surface area contributed by atoms with Crippen molar-refractivity contribution in [2.75, 3.05) is 6.54 Å². The molecule has 1 aliphatic heterocycles. The van der Waals surface area contributed by atoms with E-state index in [1.807, 2.05) is 71.9 Å². The van der Waals surface area contributed by atoms with Gasteiger partial charge in [-0.3, -0.25) is 14.5 Å². The van der Waals surface area contributed by atoms with E-state index in [2.05, 4.69) is 0 Å². The lowest BCUT2D eigenvalue weighted by Gasteiger charge is -2.30. The van der Waals surface area contributed by atoms with E-state index in [1.165, 1.54) is 6.42 Å². The van der Waals surface area contributed by atoms with E-state index in [0.29, 0.717) is 18.2 Å². The van der Waals surface area contributed by atoms with Gasteiger partial charge in [0.05, 0.1) is 6.04 Å². The average Bonchev–Trinajstić information content (AvgIpc) is 3.13. The first-order valence-corrected chi connectivity index (χ1v) is 11.5. The number of rotatable bonds is 4. The van der Waals surface area contributed by atoms with Crippen LogP contribution in [0.4, 0.5) is 4.79 Å². The van der Waals surface area contributed by atoms with Gasteiger partial charge in [0, 0.05) is 23.3 Å². The number of Topliss-reactive ketones (excluding diaryl/α,β-unsaturated/α-hetero) is 2. The van der Waals surface area contributed by atoms with Crippen molar-refractivity contribution in [2.45, 2.75) is 86.3 Å². The maximum Gasteiger partial charge on any atom is 0.410 e. The van der Waals surface area contributed by atoms with Crippen LogP contribution in [0.3, 0.4) is 0 Å². The van der Waals surface area contributed by atoms with Crippen LogP contribution in [-0.2, 0) is 20.9 Å². The predicted octanol–water partition coefficient (Wildman–Crippen LogP) is 5.80. The minimum atomic E-state index is -0.438. The number of hydrogen-bond donors (Lipinski definition) is 0. The number of nitrogens with zero attached hydrogens (tertiary/aromatic N) is 1. The molecule has 1 saturated heterocycles. The highest BCUT2D eigenvalue weighted by Gasteiger charge is 2.39. The molecule has 1 aliphatic carbocycles. The number of ether oxygens (including phenoxy) is 1. The first kappa shape index (κ1) is 25.1. The zero-order chi connectivity index (χ0) is 23.2. The molecule has 5 nitrogen and oxygen atoms in total. The molecule has 31 heavy (non-hydrogen) atoms. The monoisotopic (exact) mass is 429 g/mol. The summed E-state index contributed by atoms with van der Waals surface area (Å²) < 4.78 is 5.34. The Kier molecular flexibility index (Phi) is 8.44. The molecule has 2 aliphatic rings. The minimum Gasteiger partial charge on any atom is -0.445 e. The third-order valence-corrected chi connectivity index (χ3v) is 5.95. The number of carbonyl (C=O) groups excluding carboxylic acids is 3. The Morgan fingerprint density at radius 2 is 1.45 bits per heavy atom. The summed E-state index contributed by atoms with van der Waals surface area (Å²) in [7, 11) is 0. The van der Waals surface area contributed by atoms with Gasteiger partial charge in [-0.1, -0.05) is 78.3 Å². The highest BCUT2D eigenvalue weighted by atomic mass is 16.6. The quantitative estimate of drug-likeness (QED) is 0.606. The minimum absolute atomic E-state index is 0.106. The van der Waals surface area contributed by atoms with Crippen molar-refractivity contribution in [1.29, 1.82) is 0 Å². The highest BCUT2D eigenvalue weighted by Crippen LogP contribution is 2.33.